The fraction of sp³-hybridized carbons (Fsp3) is 0.375. The number of sulfonamides is 1. The summed E-state index contributed by atoms with van der Waals surface area (Å²) in [6.45, 7) is 0. The molecule has 2 aromatic rings. The molecule has 0 saturated heterocycles. The summed E-state index contributed by atoms with van der Waals surface area (Å²) < 4.78 is 37.8. The third-order valence-corrected chi connectivity index (χ3v) is 7.65. The predicted molar refractivity (Wildman–Crippen MR) is 125 cm³/mol. The second kappa shape index (κ2) is 10.7. The van der Waals surface area contributed by atoms with Gasteiger partial charge < -0.3 is 14.8 Å². The van der Waals surface area contributed by atoms with Gasteiger partial charge in [0.15, 0.2) is 11.5 Å². The van der Waals surface area contributed by atoms with Crippen molar-refractivity contribution in [3.05, 3.63) is 54.1 Å². The molecule has 0 unspecified atom stereocenters. The first-order valence-corrected chi connectivity index (χ1v) is 12.1. The molecule has 8 heteroatoms. The minimum absolute atomic E-state index is 0.0508. The fourth-order valence-corrected chi connectivity index (χ4v) is 5.25. The summed E-state index contributed by atoms with van der Waals surface area (Å²) in [4.78, 5) is 12.5. The van der Waals surface area contributed by atoms with E-state index < -0.39 is 10.0 Å². The number of methoxy groups -OCH3 is 2. The molecule has 1 amide bonds. The average molecular weight is 459 g/mol. The summed E-state index contributed by atoms with van der Waals surface area (Å²) in [6.07, 6.45) is 8.16. The molecule has 1 saturated carbocycles. The molecule has 1 aliphatic carbocycles. The van der Waals surface area contributed by atoms with E-state index in [1.54, 1.807) is 51.6 Å². The summed E-state index contributed by atoms with van der Waals surface area (Å²) in [5.41, 5.74) is 1.30. The summed E-state index contributed by atoms with van der Waals surface area (Å²) in [5, 5.41) is 2.74. The number of hydrogen-bond donors (Lipinski definition) is 1. The first-order chi connectivity index (χ1) is 15.3. The first-order valence-electron chi connectivity index (χ1n) is 10.6. The molecule has 32 heavy (non-hydrogen) atoms. The maximum Gasteiger partial charge on any atom is 0.248 e. The van der Waals surface area contributed by atoms with E-state index >= 15 is 0 Å². The Morgan fingerprint density at radius 3 is 2.28 bits per heavy atom. The predicted octanol–water partition coefficient (Wildman–Crippen LogP) is 4.31. The number of benzene rings is 2. The van der Waals surface area contributed by atoms with Gasteiger partial charge in [-0.15, -0.1) is 0 Å². The van der Waals surface area contributed by atoms with Crippen molar-refractivity contribution in [1.82, 2.24) is 4.31 Å². The molecule has 1 N–H and O–H groups in total. The molecule has 3 rings (SSSR count). The quantitative estimate of drug-likeness (QED) is 0.596. The number of nitrogens with one attached hydrogen (secondary N) is 1. The normalized spacial score (nSPS) is 15.1. The van der Waals surface area contributed by atoms with Gasteiger partial charge in [0.05, 0.1) is 19.1 Å². The van der Waals surface area contributed by atoms with Crippen molar-refractivity contribution >= 4 is 27.7 Å². The van der Waals surface area contributed by atoms with Crippen LogP contribution in [0.2, 0.25) is 0 Å². The van der Waals surface area contributed by atoms with Gasteiger partial charge in [-0.05, 0) is 60.9 Å². The number of hydrogen-bond acceptors (Lipinski definition) is 5. The van der Waals surface area contributed by atoms with Crippen molar-refractivity contribution in [3.8, 4) is 11.5 Å². The molecule has 1 fully saturated rings. The van der Waals surface area contributed by atoms with Crippen LogP contribution in [0.3, 0.4) is 0 Å². The maximum absolute atomic E-state index is 12.9. The van der Waals surface area contributed by atoms with E-state index in [0.29, 0.717) is 17.2 Å². The van der Waals surface area contributed by atoms with E-state index in [2.05, 4.69) is 5.32 Å². The van der Waals surface area contributed by atoms with Crippen LogP contribution in [0.25, 0.3) is 6.08 Å². The van der Waals surface area contributed by atoms with Crippen molar-refractivity contribution in [1.29, 1.82) is 0 Å². The topological polar surface area (TPSA) is 84.9 Å². The van der Waals surface area contributed by atoms with E-state index in [4.69, 9.17) is 9.47 Å². The number of anilines is 1. The lowest BCUT2D eigenvalue weighted by Gasteiger charge is -2.30. The molecular formula is C24H30N2O5S. The molecule has 0 heterocycles. The van der Waals surface area contributed by atoms with Gasteiger partial charge in [0, 0.05) is 24.9 Å². The molecule has 0 radical (unpaired) electrons. The minimum Gasteiger partial charge on any atom is -0.493 e. The summed E-state index contributed by atoms with van der Waals surface area (Å²) in [6, 6.07) is 11.7. The molecule has 2 aromatic carbocycles. The first kappa shape index (κ1) is 23.8. The Balaban J connectivity index is 1.63. The largest absolute Gasteiger partial charge is 0.493 e. The molecule has 7 nitrogen and oxygen atoms in total. The number of amides is 1. The van der Waals surface area contributed by atoms with Crippen LogP contribution in [0.5, 0.6) is 11.5 Å². The van der Waals surface area contributed by atoms with Gasteiger partial charge in [0.1, 0.15) is 0 Å². The van der Waals surface area contributed by atoms with Crippen LogP contribution in [0.1, 0.15) is 37.7 Å². The average Bonchev–Trinajstić information content (AvgIpc) is 2.82. The van der Waals surface area contributed by atoms with Crippen LogP contribution < -0.4 is 14.8 Å². The lowest BCUT2D eigenvalue weighted by molar-refractivity contribution is -0.111. The fourth-order valence-electron chi connectivity index (χ4n) is 3.83. The Hall–Kier alpha value is -2.84. The van der Waals surface area contributed by atoms with Crippen molar-refractivity contribution in [2.24, 2.45) is 0 Å². The third kappa shape index (κ3) is 5.69. The van der Waals surface area contributed by atoms with Crippen molar-refractivity contribution in [2.75, 3.05) is 26.6 Å². The highest BCUT2D eigenvalue weighted by atomic mass is 32.2. The highest BCUT2D eigenvalue weighted by Crippen LogP contribution is 2.28. The zero-order valence-electron chi connectivity index (χ0n) is 18.7. The van der Waals surface area contributed by atoms with Gasteiger partial charge in [0.25, 0.3) is 0 Å². The molecular weight excluding hydrogens is 428 g/mol. The molecule has 0 aromatic heterocycles. The smallest absolute Gasteiger partial charge is 0.248 e. The van der Waals surface area contributed by atoms with Crippen molar-refractivity contribution in [3.63, 3.8) is 0 Å². The zero-order chi connectivity index (χ0) is 23.1. The minimum atomic E-state index is -3.56. The Morgan fingerprint density at radius 1 is 1.00 bits per heavy atom. The van der Waals surface area contributed by atoms with E-state index in [0.717, 1.165) is 31.2 Å². The monoisotopic (exact) mass is 458 g/mol. The Bertz CT molecular complexity index is 1060. The second-order valence-electron chi connectivity index (χ2n) is 7.77. The van der Waals surface area contributed by atoms with Gasteiger partial charge in [0.2, 0.25) is 15.9 Å². The number of carbonyl (C=O) groups excluding carboxylic acids is 1. The molecule has 0 atom stereocenters. The van der Waals surface area contributed by atoms with Gasteiger partial charge in [-0.2, -0.15) is 4.31 Å². The van der Waals surface area contributed by atoms with Crippen molar-refractivity contribution in [2.45, 2.75) is 43.0 Å². The van der Waals surface area contributed by atoms with Crippen LogP contribution >= 0.6 is 0 Å². The van der Waals surface area contributed by atoms with E-state index in [1.807, 2.05) is 6.07 Å². The lowest BCUT2D eigenvalue weighted by atomic mass is 9.96. The Morgan fingerprint density at radius 2 is 1.66 bits per heavy atom. The Kier molecular flexibility index (Phi) is 7.93. The maximum atomic E-state index is 12.9. The highest BCUT2D eigenvalue weighted by Gasteiger charge is 2.28. The number of nitrogens with zero attached hydrogens (tertiary/aromatic N) is 1. The lowest BCUT2D eigenvalue weighted by Crippen LogP contribution is -2.38. The molecule has 0 bridgehead atoms. The van der Waals surface area contributed by atoms with Crippen LogP contribution in [-0.4, -0.2) is 45.9 Å². The van der Waals surface area contributed by atoms with Gasteiger partial charge in [-0.1, -0.05) is 25.3 Å². The van der Waals surface area contributed by atoms with Crippen LogP contribution in [0.15, 0.2) is 53.4 Å². The highest BCUT2D eigenvalue weighted by molar-refractivity contribution is 7.89. The van der Waals surface area contributed by atoms with Gasteiger partial charge in [-0.25, -0.2) is 8.42 Å². The van der Waals surface area contributed by atoms with Crippen molar-refractivity contribution < 1.29 is 22.7 Å². The van der Waals surface area contributed by atoms with Crippen LogP contribution in [0.4, 0.5) is 5.69 Å². The van der Waals surface area contributed by atoms with Gasteiger partial charge in [-0.3, -0.25) is 4.79 Å². The van der Waals surface area contributed by atoms with E-state index in [-0.39, 0.29) is 16.8 Å². The number of carbonyl (C=O) groups is 1. The van der Waals surface area contributed by atoms with Crippen LogP contribution in [-0.2, 0) is 14.8 Å². The SMILES string of the molecule is COc1ccc(/C=C/C(=O)Nc2ccc(S(=O)(=O)N(C)C3CCCCC3)cc2)cc1OC. The third-order valence-electron chi connectivity index (χ3n) is 5.72. The van der Waals surface area contributed by atoms with Crippen LogP contribution in [0, 0.1) is 0 Å². The summed E-state index contributed by atoms with van der Waals surface area (Å²) in [7, 11) is 1.21. The Labute approximate surface area is 190 Å². The molecule has 0 aliphatic heterocycles. The van der Waals surface area contributed by atoms with E-state index in [9.17, 15) is 13.2 Å². The standard InChI is InChI=1S/C24H30N2O5S/c1-26(20-7-5-4-6-8-20)32(28,29)21-13-11-19(12-14-21)25-24(27)16-10-18-9-15-22(30-2)23(17-18)31-3/h9-17,20H,4-8H2,1-3H3,(H,25,27)/b16-10+. The van der Waals surface area contributed by atoms with E-state index in [1.165, 1.54) is 28.9 Å². The molecule has 172 valence electrons. The summed E-state index contributed by atoms with van der Waals surface area (Å²) in [5.74, 6) is 0.859. The molecule has 0 spiro atoms. The van der Waals surface area contributed by atoms with Gasteiger partial charge >= 0.3 is 0 Å². The summed E-state index contributed by atoms with van der Waals surface area (Å²) >= 11 is 0. The zero-order valence-corrected chi connectivity index (χ0v) is 19.5. The molecule has 1 aliphatic rings. The number of rotatable bonds is 8. The number of ether oxygens (including phenoxy) is 2. The second-order valence-corrected chi connectivity index (χ2v) is 9.77.